The number of benzene rings is 1. The Hall–Kier alpha value is -1.55. The summed E-state index contributed by atoms with van der Waals surface area (Å²) in [5, 5.41) is 9.37. The van der Waals surface area contributed by atoms with Gasteiger partial charge in [0.05, 0.1) is 6.10 Å². The first-order valence-corrected chi connectivity index (χ1v) is 4.29. The molecule has 0 spiro atoms. The lowest BCUT2D eigenvalue weighted by molar-refractivity contribution is -0.120. The molecule has 14 heavy (non-hydrogen) atoms. The van der Waals surface area contributed by atoms with Crippen LogP contribution in [0.25, 0.3) is 0 Å². The summed E-state index contributed by atoms with van der Waals surface area (Å²) in [5.74, 6) is -0.0494. The third-order valence-electron chi connectivity index (χ3n) is 1.74. The highest BCUT2D eigenvalue weighted by Gasteiger charge is 2.08. The van der Waals surface area contributed by atoms with Crippen LogP contribution in [0, 0.1) is 0 Å². The standard InChI is InChI=1S/C10H13NO3/c1-7(12)8-4-2-3-5-9(8)14-6-10(11)13/h2-5,7,12H,6H2,1H3,(H2,11,13). The smallest absolute Gasteiger partial charge is 0.255 e. The summed E-state index contributed by atoms with van der Waals surface area (Å²) < 4.78 is 5.13. The van der Waals surface area contributed by atoms with Crippen molar-refractivity contribution >= 4 is 5.91 Å². The van der Waals surface area contributed by atoms with E-state index in [0.29, 0.717) is 11.3 Å². The Morgan fingerprint density at radius 1 is 1.57 bits per heavy atom. The SMILES string of the molecule is CC(O)c1ccccc1OCC(N)=O. The van der Waals surface area contributed by atoms with E-state index < -0.39 is 12.0 Å². The lowest BCUT2D eigenvalue weighted by Gasteiger charge is -2.11. The predicted molar refractivity (Wildman–Crippen MR) is 51.8 cm³/mol. The molecule has 1 aromatic carbocycles. The van der Waals surface area contributed by atoms with E-state index in [0.717, 1.165) is 0 Å². The number of hydrogen-bond acceptors (Lipinski definition) is 3. The van der Waals surface area contributed by atoms with Gasteiger partial charge >= 0.3 is 0 Å². The van der Waals surface area contributed by atoms with Crippen molar-refractivity contribution in [3.05, 3.63) is 29.8 Å². The molecule has 1 aromatic rings. The molecule has 0 aliphatic rings. The average Bonchev–Trinajstić information content (AvgIpc) is 2.15. The maximum atomic E-state index is 10.5. The summed E-state index contributed by atoms with van der Waals surface area (Å²) in [6, 6.07) is 6.98. The molecule has 1 unspecified atom stereocenters. The van der Waals surface area contributed by atoms with Crippen molar-refractivity contribution in [3.8, 4) is 5.75 Å². The van der Waals surface area contributed by atoms with Crippen LogP contribution >= 0.6 is 0 Å². The van der Waals surface area contributed by atoms with E-state index in [9.17, 15) is 9.90 Å². The molecule has 4 nitrogen and oxygen atoms in total. The van der Waals surface area contributed by atoms with Gasteiger partial charge in [0, 0.05) is 5.56 Å². The van der Waals surface area contributed by atoms with Gasteiger partial charge in [0.2, 0.25) is 0 Å². The highest BCUT2D eigenvalue weighted by atomic mass is 16.5. The molecule has 0 heterocycles. The van der Waals surface area contributed by atoms with Gasteiger partial charge in [0.1, 0.15) is 5.75 Å². The van der Waals surface area contributed by atoms with Crippen LogP contribution in [0.1, 0.15) is 18.6 Å². The number of amides is 1. The number of aliphatic hydroxyl groups is 1. The minimum atomic E-state index is -0.626. The highest BCUT2D eigenvalue weighted by molar-refractivity contribution is 5.75. The monoisotopic (exact) mass is 195 g/mol. The van der Waals surface area contributed by atoms with E-state index in [4.69, 9.17) is 10.5 Å². The Kier molecular flexibility index (Phi) is 3.48. The molecule has 3 N–H and O–H groups in total. The van der Waals surface area contributed by atoms with Gasteiger partial charge in [-0.05, 0) is 13.0 Å². The van der Waals surface area contributed by atoms with Gasteiger partial charge in [-0.25, -0.2) is 0 Å². The first-order valence-electron chi connectivity index (χ1n) is 4.29. The van der Waals surface area contributed by atoms with Crippen molar-refractivity contribution < 1.29 is 14.6 Å². The van der Waals surface area contributed by atoms with E-state index >= 15 is 0 Å². The molecule has 0 saturated heterocycles. The summed E-state index contributed by atoms with van der Waals surface area (Å²) >= 11 is 0. The molecule has 1 amide bonds. The molecule has 0 bridgehead atoms. The molecular weight excluding hydrogens is 182 g/mol. The van der Waals surface area contributed by atoms with Crippen molar-refractivity contribution in [3.63, 3.8) is 0 Å². The van der Waals surface area contributed by atoms with Crippen LogP contribution in [0.4, 0.5) is 0 Å². The van der Waals surface area contributed by atoms with Gasteiger partial charge < -0.3 is 15.6 Å². The van der Waals surface area contributed by atoms with Crippen LogP contribution in [0.15, 0.2) is 24.3 Å². The minimum absolute atomic E-state index is 0.177. The zero-order chi connectivity index (χ0) is 10.6. The topological polar surface area (TPSA) is 72.6 Å². The van der Waals surface area contributed by atoms with Crippen molar-refractivity contribution in [2.45, 2.75) is 13.0 Å². The van der Waals surface area contributed by atoms with E-state index in [1.807, 2.05) is 0 Å². The van der Waals surface area contributed by atoms with Crippen LogP contribution in [-0.2, 0) is 4.79 Å². The normalized spacial score (nSPS) is 12.1. The lowest BCUT2D eigenvalue weighted by Crippen LogP contribution is -2.20. The van der Waals surface area contributed by atoms with Crippen LogP contribution in [0.5, 0.6) is 5.75 Å². The quantitative estimate of drug-likeness (QED) is 0.739. The summed E-state index contributed by atoms with van der Waals surface area (Å²) in [4.78, 5) is 10.5. The van der Waals surface area contributed by atoms with Gasteiger partial charge in [0.25, 0.3) is 5.91 Å². The number of carbonyl (C=O) groups is 1. The number of carbonyl (C=O) groups excluding carboxylic acids is 1. The zero-order valence-corrected chi connectivity index (χ0v) is 7.93. The Balaban J connectivity index is 2.79. The van der Waals surface area contributed by atoms with Crippen molar-refractivity contribution in [1.29, 1.82) is 0 Å². The fraction of sp³-hybridized carbons (Fsp3) is 0.300. The highest BCUT2D eigenvalue weighted by Crippen LogP contribution is 2.24. The number of rotatable bonds is 4. The molecule has 1 rings (SSSR count). The minimum Gasteiger partial charge on any atom is -0.483 e. The van der Waals surface area contributed by atoms with Crippen LogP contribution in [0.3, 0.4) is 0 Å². The van der Waals surface area contributed by atoms with Gasteiger partial charge in [-0.2, -0.15) is 0 Å². The fourth-order valence-corrected chi connectivity index (χ4v) is 1.11. The molecule has 1 atom stereocenters. The summed E-state index contributed by atoms with van der Waals surface area (Å²) in [5.41, 5.74) is 5.59. The second kappa shape index (κ2) is 4.62. The van der Waals surface area contributed by atoms with E-state index in [1.165, 1.54) is 0 Å². The number of primary amides is 1. The van der Waals surface area contributed by atoms with E-state index in [1.54, 1.807) is 31.2 Å². The van der Waals surface area contributed by atoms with Gasteiger partial charge in [-0.1, -0.05) is 18.2 Å². The molecule has 0 saturated carbocycles. The molecule has 4 heteroatoms. The fourth-order valence-electron chi connectivity index (χ4n) is 1.11. The second-order valence-corrected chi connectivity index (χ2v) is 2.97. The number of ether oxygens (including phenoxy) is 1. The average molecular weight is 195 g/mol. The van der Waals surface area contributed by atoms with E-state index in [-0.39, 0.29) is 6.61 Å². The van der Waals surface area contributed by atoms with Crippen LogP contribution in [-0.4, -0.2) is 17.6 Å². The third kappa shape index (κ3) is 2.74. The third-order valence-corrected chi connectivity index (χ3v) is 1.74. The number of hydrogen-bond donors (Lipinski definition) is 2. The van der Waals surface area contributed by atoms with Gasteiger partial charge in [-0.3, -0.25) is 4.79 Å². The summed E-state index contributed by atoms with van der Waals surface area (Å²) in [6.07, 6.45) is -0.626. The van der Waals surface area contributed by atoms with Crippen molar-refractivity contribution in [2.75, 3.05) is 6.61 Å². The van der Waals surface area contributed by atoms with Crippen LogP contribution < -0.4 is 10.5 Å². The molecule has 0 fully saturated rings. The largest absolute Gasteiger partial charge is 0.483 e. The predicted octanol–water partition coefficient (Wildman–Crippen LogP) is 0.604. The van der Waals surface area contributed by atoms with Crippen molar-refractivity contribution in [2.24, 2.45) is 5.73 Å². The summed E-state index contributed by atoms with van der Waals surface area (Å²) in [7, 11) is 0. The molecule has 0 aliphatic heterocycles. The van der Waals surface area contributed by atoms with Gasteiger partial charge in [-0.15, -0.1) is 0 Å². The molecule has 0 aliphatic carbocycles. The maximum Gasteiger partial charge on any atom is 0.255 e. The number of para-hydroxylation sites is 1. The Morgan fingerprint density at radius 3 is 2.79 bits per heavy atom. The first kappa shape index (κ1) is 10.5. The van der Waals surface area contributed by atoms with Gasteiger partial charge in [0.15, 0.2) is 6.61 Å². The Morgan fingerprint density at radius 2 is 2.21 bits per heavy atom. The van der Waals surface area contributed by atoms with E-state index in [2.05, 4.69) is 0 Å². The van der Waals surface area contributed by atoms with Crippen molar-refractivity contribution in [1.82, 2.24) is 0 Å². The zero-order valence-electron chi connectivity index (χ0n) is 7.93. The molecule has 0 aromatic heterocycles. The molecular formula is C10H13NO3. The van der Waals surface area contributed by atoms with Crippen LogP contribution in [0.2, 0.25) is 0 Å². The summed E-state index contributed by atoms with van der Waals surface area (Å²) in [6.45, 7) is 1.45. The number of nitrogens with two attached hydrogens (primary N) is 1. The lowest BCUT2D eigenvalue weighted by atomic mass is 10.1. The second-order valence-electron chi connectivity index (χ2n) is 2.97. The Labute approximate surface area is 82.3 Å². The molecule has 76 valence electrons. The number of aliphatic hydroxyl groups excluding tert-OH is 1. The Bertz CT molecular complexity index is 323. The first-order chi connectivity index (χ1) is 6.61. The molecule has 0 radical (unpaired) electrons. The maximum absolute atomic E-state index is 10.5.